The fourth-order valence-corrected chi connectivity index (χ4v) is 1.10. The van der Waals surface area contributed by atoms with Gasteiger partial charge in [0.1, 0.15) is 5.82 Å². The maximum atomic E-state index is 13.0. The van der Waals surface area contributed by atoms with Gasteiger partial charge in [-0.15, -0.1) is 0 Å². The van der Waals surface area contributed by atoms with Gasteiger partial charge in [-0.1, -0.05) is 60.1 Å². The van der Waals surface area contributed by atoms with Gasteiger partial charge in [-0.05, 0) is 30.0 Å². The fraction of sp³-hybridized carbons (Fsp3) is 0.600. The Kier molecular flexibility index (Phi) is 13.4. The van der Waals surface area contributed by atoms with Crippen LogP contribution in [0, 0.1) is 5.82 Å². The molecule has 0 aliphatic carbocycles. The molecule has 1 rings (SSSR count). The molecule has 0 bridgehead atoms. The summed E-state index contributed by atoms with van der Waals surface area (Å²) in [5, 5.41) is 0. The van der Waals surface area contributed by atoms with Crippen LogP contribution in [0.5, 0.6) is 0 Å². The van der Waals surface area contributed by atoms with Gasteiger partial charge in [0.05, 0.1) is 0 Å². The normalized spacial score (nSPS) is 8.44. The molecule has 0 aliphatic heterocycles. The summed E-state index contributed by atoms with van der Waals surface area (Å²) in [5.74, 6) is -0.0631. The third-order valence-electron chi connectivity index (χ3n) is 1.91. The van der Waals surface area contributed by atoms with Crippen molar-refractivity contribution < 1.29 is 4.39 Å². The molecule has 0 radical (unpaired) electrons. The average molecular weight is 226 g/mol. The number of hydrogen-bond donors (Lipinski definition) is 0. The van der Waals surface area contributed by atoms with Crippen LogP contribution in [0.4, 0.5) is 4.39 Å². The predicted octanol–water partition coefficient (Wildman–Crippen LogP) is 5.39. The molecule has 16 heavy (non-hydrogen) atoms. The third kappa shape index (κ3) is 7.44. The van der Waals surface area contributed by atoms with Gasteiger partial charge < -0.3 is 0 Å². The second-order valence-corrected chi connectivity index (χ2v) is 3.34. The third-order valence-corrected chi connectivity index (χ3v) is 1.91. The Hall–Kier alpha value is -0.850. The molecule has 0 atom stereocenters. The molecule has 0 fully saturated rings. The Morgan fingerprint density at radius 3 is 1.75 bits per heavy atom. The summed E-state index contributed by atoms with van der Waals surface area (Å²) in [4.78, 5) is 0. The standard InChI is InChI=1S/C10H13F.C3H8.C2H6/c1-3-8-5-6-9(4-2)10(11)7-8;1-3-2;1-2/h5-7H,3-4H2,1-2H3;3H2,1-2H3;1-2H3. The molecular weight excluding hydrogens is 199 g/mol. The van der Waals surface area contributed by atoms with Gasteiger partial charge in [0.15, 0.2) is 0 Å². The van der Waals surface area contributed by atoms with Crippen molar-refractivity contribution in [2.24, 2.45) is 0 Å². The molecule has 1 aromatic rings. The molecule has 0 spiro atoms. The van der Waals surface area contributed by atoms with E-state index in [1.54, 1.807) is 6.07 Å². The van der Waals surface area contributed by atoms with Crippen LogP contribution < -0.4 is 0 Å². The Bertz CT molecular complexity index is 254. The van der Waals surface area contributed by atoms with Crippen molar-refractivity contribution in [1.82, 2.24) is 0 Å². The van der Waals surface area contributed by atoms with E-state index in [0.29, 0.717) is 0 Å². The van der Waals surface area contributed by atoms with E-state index in [1.165, 1.54) is 6.42 Å². The first-order valence-corrected chi connectivity index (χ1v) is 6.46. The highest BCUT2D eigenvalue weighted by atomic mass is 19.1. The monoisotopic (exact) mass is 226 g/mol. The van der Waals surface area contributed by atoms with E-state index in [-0.39, 0.29) is 5.82 Å². The van der Waals surface area contributed by atoms with Gasteiger partial charge >= 0.3 is 0 Å². The van der Waals surface area contributed by atoms with Gasteiger partial charge in [0.25, 0.3) is 0 Å². The highest BCUT2D eigenvalue weighted by molar-refractivity contribution is 5.24. The van der Waals surface area contributed by atoms with Crippen molar-refractivity contribution in [2.45, 2.75) is 60.8 Å². The van der Waals surface area contributed by atoms with Crippen molar-refractivity contribution >= 4 is 0 Å². The zero-order chi connectivity index (χ0) is 13.0. The quantitative estimate of drug-likeness (QED) is 0.634. The van der Waals surface area contributed by atoms with E-state index >= 15 is 0 Å². The molecule has 0 saturated heterocycles. The molecule has 1 heteroatoms. The lowest BCUT2D eigenvalue weighted by atomic mass is 10.1. The number of rotatable bonds is 2. The van der Waals surface area contributed by atoms with E-state index < -0.39 is 0 Å². The molecule has 0 heterocycles. The number of hydrogen-bond acceptors (Lipinski definition) is 0. The Morgan fingerprint density at radius 2 is 1.44 bits per heavy atom. The number of aryl methyl sites for hydroxylation is 2. The largest absolute Gasteiger partial charge is 0.207 e. The van der Waals surface area contributed by atoms with E-state index in [0.717, 1.165) is 24.0 Å². The molecule has 0 unspecified atom stereocenters. The molecule has 0 aliphatic rings. The second kappa shape index (κ2) is 12.2. The average Bonchev–Trinajstić information content (AvgIpc) is 2.32. The zero-order valence-electron chi connectivity index (χ0n) is 11.7. The first kappa shape index (κ1) is 17.5. The minimum Gasteiger partial charge on any atom is -0.207 e. The Morgan fingerprint density at radius 1 is 0.938 bits per heavy atom. The number of benzene rings is 1. The Labute approximate surface area is 101 Å². The lowest BCUT2D eigenvalue weighted by molar-refractivity contribution is 0.610. The molecule has 94 valence electrons. The van der Waals surface area contributed by atoms with Crippen LogP contribution in [0.3, 0.4) is 0 Å². The van der Waals surface area contributed by atoms with E-state index in [1.807, 2.05) is 39.8 Å². The van der Waals surface area contributed by atoms with Crippen molar-refractivity contribution in [2.75, 3.05) is 0 Å². The van der Waals surface area contributed by atoms with Crippen molar-refractivity contribution in [3.63, 3.8) is 0 Å². The van der Waals surface area contributed by atoms with Crippen LogP contribution in [-0.4, -0.2) is 0 Å². The van der Waals surface area contributed by atoms with Crippen LogP contribution in [0.15, 0.2) is 18.2 Å². The fourth-order valence-electron chi connectivity index (χ4n) is 1.10. The molecule has 0 saturated carbocycles. The molecule has 0 nitrogen and oxygen atoms in total. The summed E-state index contributed by atoms with van der Waals surface area (Å²) >= 11 is 0. The SMILES string of the molecule is CC.CCC.CCc1ccc(CC)c(F)c1. The maximum Gasteiger partial charge on any atom is 0.126 e. The van der Waals surface area contributed by atoms with E-state index in [4.69, 9.17) is 0 Å². The van der Waals surface area contributed by atoms with Crippen LogP contribution >= 0.6 is 0 Å². The molecule has 1 aromatic carbocycles. The first-order valence-electron chi connectivity index (χ1n) is 6.46. The number of halogens is 1. The van der Waals surface area contributed by atoms with Crippen LogP contribution in [0.1, 0.15) is 59.1 Å². The minimum atomic E-state index is -0.0631. The smallest absolute Gasteiger partial charge is 0.126 e. The summed E-state index contributed by atoms with van der Waals surface area (Å²) in [6.07, 6.45) is 2.93. The maximum absolute atomic E-state index is 13.0. The lowest BCUT2D eigenvalue weighted by Crippen LogP contribution is -1.89. The van der Waals surface area contributed by atoms with Crippen LogP contribution in [0.25, 0.3) is 0 Å². The van der Waals surface area contributed by atoms with E-state index in [9.17, 15) is 4.39 Å². The van der Waals surface area contributed by atoms with E-state index in [2.05, 4.69) is 13.8 Å². The van der Waals surface area contributed by atoms with Crippen molar-refractivity contribution in [3.05, 3.63) is 35.1 Å². The Balaban J connectivity index is 0. The van der Waals surface area contributed by atoms with Gasteiger partial charge in [-0.25, -0.2) is 4.39 Å². The second-order valence-electron chi connectivity index (χ2n) is 3.34. The van der Waals surface area contributed by atoms with Crippen molar-refractivity contribution in [3.8, 4) is 0 Å². The topological polar surface area (TPSA) is 0 Å². The molecule has 0 N–H and O–H groups in total. The summed E-state index contributed by atoms with van der Waals surface area (Å²) in [5.41, 5.74) is 1.88. The highest BCUT2D eigenvalue weighted by Gasteiger charge is 1.99. The van der Waals surface area contributed by atoms with Gasteiger partial charge in [0.2, 0.25) is 0 Å². The highest BCUT2D eigenvalue weighted by Crippen LogP contribution is 2.10. The molecular formula is C15H27F. The zero-order valence-corrected chi connectivity index (χ0v) is 11.7. The predicted molar refractivity (Wildman–Crippen MR) is 72.5 cm³/mol. The molecule has 0 aromatic heterocycles. The van der Waals surface area contributed by atoms with Crippen molar-refractivity contribution in [1.29, 1.82) is 0 Å². The lowest BCUT2D eigenvalue weighted by Gasteiger charge is -2.01. The van der Waals surface area contributed by atoms with Crippen LogP contribution in [-0.2, 0) is 12.8 Å². The minimum absolute atomic E-state index is 0.0631. The first-order chi connectivity index (χ1) is 7.69. The summed E-state index contributed by atoms with van der Waals surface area (Å²) in [6.45, 7) is 12.2. The van der Waals surface area contributed by atoms with Gasteiger partial charge in [-0.2, -0.15) is 0 Å². The van der Waals surface area contributed by atoms with Gasteiger partial charge in [0, 0.05) is 0 Å². The summed E-state index contributed by atoms with van der Waals surface area (Å²) in [6, 6.07) is 5.48. The van der Waals surface area contributed by atoms with Crippen LogP contribution in [0.2, 0.25) is 0 Å². The summed E-state index contributed by atoms with van der Waals surface area (Å²) in [7, 11) is 0. The summed E-state index contributed by atoms with van der Waals surface area (Å²) < 4.78 is 13.0. The van der Waals surface area contributed by atoms with Gasteiger partial charge in [-0.3, -0.25) is 0 Å². The molecule has 0 amide bonds.